The molecule has 3 aromatic rings. The zero-order chi connectivity index (χ0) is 29.0. The molecule has 2 amide bonds. The van der Waals surface area contributed by atoms with Gasteiger partial charge in [-0.15, -0.1) is 0 Å². The third kappa shape index (κ3) is 8.30. The predicted octanol–water partition coefficient (Wildman–Crippen LogP) is 5.94. The van der Waals surface area contributed by atoms with E-state index in [0.29, 0.717) is 10.7 Å². The summed E-state index contributed by atoms with van der Waals surface area (Å²) >= 11 is 9.44. The second-order valence-electron chi connectivity index (χ2n) is 10.4. The summed E-state index contributed by atoms with van der Waals surface area (Å²) in [5.74, 6) is -0.862. The van der Waals surface area contributed by atoms with Crippen LogP contribution >= 0.6 is 27.5 Å². The number of rotatable bonds is 9. The Morgan fingerprint density at radius 3 is 2.23 bits per heavy atom. The van der Waals surface area contributed by atoms with Gasteiger partial charge in [0.05, 0.1) is 10.6 Å². The fraction of sp³-hybridized carbons (Fsp3) is 0.310. The number of amides is 2. The van der Waals surface area contributed by atoms with Crippen molar-refractivity contribution in [1.82, 2.24) is 10.2 Å². The van der Waals surface area contributed by atoms with Gasteiger partial charge < -0.3 is 10.2 Å². The van der Waals surface area contributed by atoms with Gasteiger partial charge in [0, 0.05) is 21.6 Å². The second kappa shape index (κ2) is 12.5. The number of sulfonamides is 1. The summed E-state index contributed by atoms with van der Waals surface area (Å²) < 4.78 is 29.6. The molecule has 1 N–H and O–H groups in total. The summed E-state index contributed by atoms with van der Waals surface area (Å²) in [5, 5.41) is 3.31. The Bertz CT molecular complexity index is 1440. The summed E-state index contributed by atoms with van der Waals surface area (Å²) in [7, 11) is -4.15. The number of anilines is 1. The lowest BCUT2D eigenvalue weighted by atomic mass is 10.1. The summed E-state index contributed by atoms with van der Waals surface area (Å²) in [4.78, 5) is 28.5. The molecule has 0 aromatic heterocycles. The molecule has 3 aromatic carbocycles. The Kier molecular flexibility index (Phi) is 9.85. The minimum absolute atomic E-state index is 0.00160. The van der Waals surface area contributed by atoms with Crippen molar-refractivity contribution in [2.45, 2.75) is 57.6 Å². The molecule has 0 aliphatic rings. The van der Waals surface area contributed by atoms with Gasteiger partial charge in [0.15, 0.2) is 0 Å². The monoisotopic (exact) mass is 633 g/mol. The highest BCUT2D eigenvalue weighted by atomic mass is 79.9. The smallest absolute Gasteiger partial charge is 0.264 e. The molecule has 0 spiro atoms. The highest BCUT2D eigenvalue weighted by molar-refractivity contribution is 9.10. The van der Waals surface area contributed by atoms with Gasteiger partial charge in [-0.25, -0.2) is 8.42 Å². The van der Waals surface area contributed by atoms with Crippen LogP contribution in [0.5, 0.6) is 0 Å². The Hall–Kier alpha value is -2.88. The largest absolute Gasteiger partial charge is 0.350 e. The van der Waals surface area contributed by atoms with Crippen molar-refractivity contribution in [3.63, 3.8) is 0 Å². The fourth-order valence-electron chi connectivity index (χ4n) is 3.93. The molecule has 3 rings (SSSR count). The molecule has 0 saturated heterocycles. The number of hydrogen-bond acceptors (Lipinski definition) is 4. The van der Waals surface area contributed by atoms with Crippen LogP contribution in [0.2, 0.25) is 5.02 Å². The maximum atomic E-state index is 14.0. The van der Waals surface area contributed by atoms with Gasteiger partial charge in [-0.3, -0.25) is 13.9 Å². The number of nitrogens with zero attached hydrogens (tertiary/aromatic N) is 2. The maximum Gasteiger partial charge on any atom is 0.264 e. The number of benzene rings is 3. The van der Waals surface area contributed by atoms with Crippen molar-refractivity contribution in [3.8, 4) is 0 Å². The van der Waals surface area contributed by atoms with Gasteiger partial charge in [-0.2, -0.15) is 0 Å². The van der Waals surface area contributed by atoms with E-state index in [1.165, 1.54) is 29.2 Å². The first-order chi connectivity index (χ1) is 18.2. The van der Waals surface area contributed by atoms with Crippen molar-refractivity contribution in [1.29, 1.82) is 0 Å². The number of nitrogens with one attached hydrogen (secondary N) is 1. The lowest BCUT2D eigenvalue weighted by molar-refractivity contribution is -0.140. The van der Waals surface area contributed by atoms with Gasteiger partial charge in [0.2, 0.25) is 11.8 Å². The van der Waals surface area contributed by atoms with E-state index in [0.717, 1.165) is 19.9 Å². The van der Waals surface area contributed by atoms with E-state index in [4.69, 9.17) is 11.6 Å². The van der Waals surface area contributed by atoms with Crippen molar-refractivity contribution in [3.05, 3.63) is 93.4 Å². The molecule has 1 atom stereocenters. The Morgan fingerprint density at radius 2 is 1.64 bits per heavy atom. The topological polar surface area (TPSA) is 86.8 Å². The molecule has 39 heavy (non-hydrogen) atoms. The predicted molar refractivity (Wildman–Crippen MR) is 159 cm³/mol. The number of halogens is 2. The molecule has 0 aliphatic carbocycles. The van der Waals surface area contributed by atoms with Crippen molar-refractivity contribution >= 4 is 55.1 Å². The lowest BCUT2D eigenvalue weighted by Crippen LogP contribution is -2.54. The van der Waals surface area contributed by atoms with E-state index in [-0.39, 0.29) is 17.3 Å². The maximum absolute atomic E-state index is 14.0. The highest BCUT2D eigenvalue weighted by Crippen LogP contribution is 2.26. The van der Waals surface area contributed by atoms with Crippen molar-refractivity contribution in [2.75, 3.05) is 10.8 Å². The highest BCUT2D eigenvalue weighted by Gasteiger charge is 2.33. The Morgan fingerprint density at radius 1 is 1.00 bits per heavy atom. The zero-order valence-electron chi connectivity index (χ0n) is 22.6. The van der Waals surface area contributed by atoms with Crippen LogP contribution in [0, 0.1) is 6.92 Å². The standard InChI is InChI=1S/C29H33BrClN3O4S/c1-20-8-6-11-25(16-20)34(39(37,38)26-14-12-24(31)13-15-26)19-27(35)33(18-22-9-7-10-23(30)17-22)21(2)28(36)32-29(3,4)5/h6-17,21H,18-19H2,1-5H3,(H,32,36)/t21-/m1/s1. The summed E-state index contributed by atoms with van der Waals surface area (Å²) in [6.45, 7) is 8.66. The third-order valence-electron chi connectivity index (χ3n) is 5.88. The fourth-order valence-corrected chi connectivity index (χ4v) is 5.91. The van der Waals surface area contributed by atoms with Gasteiger partial charge in [0.25, 0.3) is 10.0 Å². The number of hydrogen-bond donors (Lipinski definition) is 1. The molecule has 0 bridgehead atoms. The third-order valence-corrected chi connectivity index (χ3v) is 8.41. The van der Waals surface area contributed by atoms with Crippen molar-refractivity contribution in [2.24, 2.45) is 0 Å². The van der Waals surface area contributed by atoms with E-state index in [1.54, 1.807) is 25.1 Å². The number of carbonyl (C=O) groups is 2. The first-order valence-corrected chi connectivity index (χ1v) is 15.0. The summed E-state index contributed by atoms with van der Waals surface area (Å²) in [5.41, 5.74) is 1.45. The van der Waals surface area contributed by atoms with Gasteiger partial charge >= 0.3 is 0 Å². The molecule has 0 unspecified atom stereocenters. The summed E-state index contributed by atoms with van der Waals surface area (Å²) in [6, 6.07) is 19.3. The molecule has 208 valence electrons. The normalized spacial score (nSPS) is 12.5. The summed E-state index contributed by atoms with van der Waals surface area (Å²) in [6.07, 6.45) is 0. The average molecular weight is 635 g/mol. The molecule has 0 radical (unpaired) electrons. The first kappa shape index (κ1) is 30.7. The molecule has 0 fully saturated rings. The van der Waals surface area contributed by atoms with Crippen LogP contribution in [-0.4, -0.2) is 43.3 Å². The van der Waals surface area contributed by atoms with Crippen LogP contribution in [0.1, 0.15) is 38.8 Å². The Balaban J connectivity index is 2.04. The molecule has 7 nitrogen and oxygen atoms in total. The molecule has 0 heterocycles. The van der Waals surface area contributed by atoms with E-state index >= 15 is 0 Å². The first-order valence-electron chi connectivity index (χ1n) is 12.4. The van der Waals surface area contributed by atoms with E-state index in [9.17, 15) is 18.0 Å². The number of carbonyl (C=O) groups excluding carboxylic acids is 2. The van der Waals surface area contributed by atoms with E-state index in [2.05, 4.69) is 21.2 Å². The van der Waals surface area contributed by atoms with Crippen LogP contribution in [0.15, 0.2) is 82.2 Å². The van der Waals surface area contributed by atoms with Crippen LogP contribution in [0.3, 0.4) is 0 Å². The average Bonchev–Trinajstić information content (AvgIpc) is 2.84. The SMILES string of the molecule is Cc1cccc(N(CC(=O)N(Cc2cccc(Br)c2)[C@H](C)C(=O)NC(C)(C)C)S(=O)(=O)c2ccc(Cl)cc2)c1. The molecule has 0 aliphatic heterocycles. The van der Waals surface area contributed by atoms with E-state index in [1.807, 2.05) is 58.0 Å². The Labute approximate surface area is 244 Å². The van der Waals surface area contributed by atoms with Crippen LogP contribution in [0.4, 0.5) is 5.69 Å². The minimum atomic E-state index is -4.15. The van der Waals surface area contributed by atoms with Crippen LogP contribution < -0.4 is 9.62 Å². The molecule has 0 saturated carbocycles. The molecular weight excluding hydrogens is 602 g/mol. The van der Waals surface area contributed by atoms with Crippen molar-refractivity contribution < 1.29 is 18.0 Å². The van der Waals surface area contributed by atoms with Crippen LogP contribution in [-0.2, 0) is 26.2 Å². The van der Waals surface area contributed by atoms with Crippen LogP contribution in [0.25, 0.3) is 0 Å². The number of aryl methyl sites for hydroxylation is 1. The quantitative estimate of drug-likeness (QED) is 0.316. The van der Waals surface area contributed by atoms with Gasteiger partial charge in [0.1, 0.15) is 12.6 Å². The molecular formula is C29H33BrClN3O4S. The zero-order valence-corrected chi connectivity index (χ0v) is 25.8. The van der Waals surface area contributed by atoms with E-state index < -0.39 is 34.1 Å². The minimum Gasteiger partial charge on any atom is -0.350 e. The van der Waals surface area contributed by atoms with Gasteiger partial charge in [-0.1, -0.05) is 51.8 Å². The second-order valence-corrected chi connectivity index (χ2v) is 13.6. The lowest BCUT2D eigenvalue weighted by Gasteiger charge is -2.33. The molecule has 10 heteroatoms. The van der Waals surface area contributed by atoms with Gasteiger partial charge in [-0.05, 0) is 94.3 Å².